The first-order chi connectivity index (χ1) is 3.35. The van der Waals surface area contributed by atoms with Crippen LogP contribution in [0, 0.1) is 0 Å². The number of alkyl halides is 1. The van der Waals surface area contributed by atoms with Gasteiger partial charge in [0.15, 0.2) is 0 Å². The monoisotopic (exact) mass is 117 g/mol. The van der Waals surface area contributed by atoms with Crippen LogP contribution in [0.15, 0.2) is 16.8 Å². The highest BCUT2D eigenvalue weighted by Gasteiger charge is 1.81. The van der Waals surface area contributed by atoms with Gasteiger partial charge in [0.1, 0.15) is 0 Å². The Hall–Kier alpha value is -0.300. The lowest BCUT2D eigenvalue weighted by Crippen LogP contribution is -1.74. The van der Waals surface area contributed by atoms with Crippen LogP contribution >= 0.6 is 11.6 Å². The maximum atomic E-state index is 5.37. The van der Waals surface area contributed by atoms with Crippen molar-refractivity contribution in [3.8, 4) is 0 Å². The summed E-state index contributed by atoms with van der Waals surface area (Å²) in [6.45, 7) is 5.18. The molecule has 0 aliphatic heterocycles. The second-order valence-electron chi connectivity index (χ2n) is 1.07. The van der Waals surface area contributed by atoms with E-state index in [2.05, 4.69) is 11.7 Å². The quantitative estimate of drug-likeness (QED) is 0.387. The van der Waals surface area contributed by atoms with E-state index in [1.807, 2.05) is 13.0 Å². The van der Waals surface area contributed by atoms with Gasteiger partial charge >= 0.3 is 0 Å². The van der Waals surface area contributed by atoms with E-state index in [0.717, 1.165) is 5.70 Å². The zero-order chi connectivity index (χ0) is 5.70. The molecule has 1 nitrogen and oxygen atoms in total. The maximum Gasteiger partial charge on any atom is 0.0643 e. The topological polar surface area (TPSA) is 12.4 Å². The number of hydrogen-bond donors (Lipinski definition) is 0. The van der Waals surface area contributed by atoms with Gasteiger partial charge in [-0.05, 0) is 13.6 Å². The Bertz CT molecular complexity index is 86.1. The summed E-state index contributed by atoms with van der Waals surface area (Å²) in [5.74, 6) is 0.458. The molecule has 0 unspecified atom stereocenters. The molecule has 0 spiro atoms. The molecule has 0 saturated heterocycles. The number of halogens is 1. The summed E-state index contributed by atoms with van der Waals surface area (Å²) >= 11 is 5.37. The first-order valence-corrected chi connectivity index (χ1v) is 2.56. The predicted molar refractivity (Wildman–Crippen MR) is 34.0 cm³/mol. The standard InChI is InChI=1S/C5H8ClN/c1-3-5(4-6)7-2/h3H,2,4H2,1H3. The maximum absolute atomic E-state index is 5.37. The van der Waals surface area contributed by atoms with Crippen molar-refractivity contribution >= 4 is 18.3 Å². The Balaban J connectivity index is 3.60. The van der Waals surface area contributed by atoms with E-state index < -0.39 is 0 Å². The number of hydrogen-bond acceptors (Lipinski definition) is 1. The highest BCUT2D eigenvalue weighted by molar-refractivity contribution is 6.19. The van der Waals surface area contributed by atoms with E-state index in [0.29, 0.717) is 5.88 Å². The molecule has 0 amide bonds. The highest BCUT2D eigenvalue weighted by Crippen LogP contribution is 1.95. The van der Waals surface area contributed by atoms with Crippen molar-refractivity contribution in [3.05, 3.63) is 11.8 Å². The second kappa shape index (κ2) is 3.88. The zero-order valence-corrected chi connectivity index (χ0v) is 5.07. The lowest BCUT2D eigenvalue weighted by atomic mass is 10.5. The molecule has 0 aromatic heterocycles. The molecule has 7 heavy (non-hydrogen) atoms. The van der Waals surface area contributed by atoms with E-state index >= 15 is 0 Å². The molecular formula is C5H8ClN. The van der Waals surface area contributed by atoms with E-state index in [1.54, 1.807) is 0 Å². The Kier molecular flexibility index (Phi) is 3.71. The van der Waals surface area contributed by atoms with Crippen molar-refractivity contribution in [1.29, 1.82) is 0 Å². The SMILES string of the molecule is C=NC(=CC)CCl. The minimum atomic E-state index is 0.458. The van der Waals surface area contributed by atoms with Gasteiger partial charge in [-0.25, -0.2) is 0 Å². The summed E-state index contributed by atoms with van der Waals surface area (Å²) in [6, 6.07) is 0. The highest BCUT2D eigenvalue weighted by atomic mass is 35.5. The van der Waals surface area contributed by atoms with Crippen LogP contribution in [-0.2, 0) is 0 Å². The molecule has 0 radical (unpaired) electrons. The fourth-order valence-corrected chi connectivity index (χ4v) is 0.450. The summed E-state index contributed by atoms with van der Waals surface area (Å²) < 4.78 is 0. The zero-order valence-electron chi connectivity index (χ0n) is 4.32. The third-order valence-corrected chi connectivity index (χ3v) is 0.947. The van der Waals surface area contributed by atoms with Gasteiger partial charge in [-0.2, -0.15) is 0 Å². The van der Waals surface area contributed by atoms with Gasteiger partial charge in [0, 0.05) is 0 Å². The normalized spacial score (nSPS) is 11.4. The van der Waals surface area contributed by atoms with Crippen molar-refractivity contribution in [2.45, 2.75) is 6.92 Å². The molecule has 40 valence electrons. The van der Waals surface area contributed by atoms with Crippen LogP contribution < -0.4 is 0 Å². The van der Waals surface area contributed by atoms with Gasteiger partial charge in [-0.3, -0.25) is 4.99 Å². The number of rotatable bonds is 2. The van der Waals surface area contributed by atoms with Crippen LogP contribution in [-0.4, -0.2) is 12.6 Å². The molecule has 0 N–H and O–H groups in total. The average molecular weight is 118 g/mol. The second-order valence-corrected chi connectivity index (χ2v) is 1.34. The third kappa shape index (κ3) is 2.40. The smallest absolute Gasteiger partial charge is 0.0643 e. The lowest BCUT2D eigenvalue weighted by molar-refractivity contribution is 1.31. The van der Waals surface area contributed by atoms with Crippen LogP contribution in [0.4, 0.5) is 0 Å². The van der Waals surface area contributed by atoms with Gasteiger partial charge < -0.3 is 0 Å². The molecular weight excluding hydrogens is 110 g/mol. The molecule has 0 saturated carbocycles. The van der Waals surface area contributed by atoms with E-state index in [-0.39, 0.29) is 0 Å². The third-order valence-electron chi connectivity index (χ3n) is 0.673. The van der Waals surface area contributed by atoms with E-state index in [4.69, 9.17) is 11.6 Å². The molecule has 0 fully saturated rings. The van der Waals surface area contributed by atoms with Crippen molar-refractivity contribution in [2.75, 3.05) is 5.88 Å². The van der Waals surface area contributed by atoms with Gasteiger partial charge in [-0.15, -0.1) is 11.6 Å². The van der Waals surface area contributed by atoms with Crippen molar-refractivity contribution < 1.29 is 0 Å². The number of allylic oxidation sites excluding steroid dienone is 2. The molecule has 0 aliphatic carbocycles. The summed E-state index contributed by atoms with van der Waals surface area (Å²) in [6.07, 6.45) is 1.83. The summed E-state index contributed by atoms with van der Waals surface area (Å²) in [5.41, 5.74) is 0.835. The first-order valence-electron chi connectivity index (χ1n) is 2.03. The Labute approximate surface area is 48.7 Å². The van der Waals surface area contributed by atoms with E-state index in [9.17, 15) is 0 Å². The summed E-state index contributed by atoms with van der Waals surface area (Å²) in [7, 11) is 0. The molecule has 0 aliphatic rings. The molecule has 0 atom stereocenters. The first kappa shape index (κ1) is 6.70. The minimum absolute atomic E-state index is 0.458. The van der Waals surface area contributed by atoms with Crippen LogP contribution in [0.25, 0.3) is 0 Å². The van der Waals surface area contributed by atoms with Gasteiger partial charge in [0.25, 0.3) is 0 Å². The molecule has 0 aromatic rings. The van der Waals surface area contributed by atoms with Gasteiger partial charge in [0.2, 0.25) is 0 Å². The minimum Gasteiger partial charge on any atom is -0.268 e. The summed E-state index contributed by atoms with van der Waals surface area (Å²) in [4.78, 5) is 3.60. The van der Waals surface area contributed by atoms with Crippen LogP contribution in [0.5, 0.6) is 0 Å². The van der Waals surface area contributed by atoms with Gasteiger partial charge in [0.05, 0.1) is 11.6 Å². The van der Waals surface area contributed by atoms with Crippen LogP contribution in [0.3, 0.4) is 0 Å². The average Bonchev–Trinajstić information content (AvgIpc) is 1.72. The fraction of sp³-hybridized carbons (Fsp3) is 0.400. The van der Waals surface area contributed by atoms with Crippen molar-refractivity contribution in [2.24, 2.45) is 4.99 Å². The van der Waals surface area contributed by atoms with Crippen LogP contribution in [0.1, 0.15) is 6.92 Å². The molecule has 0 bridgehead atoms. The molecule has 0 heterocycles. The van der Waals surface area contributed by atoms with Crippen LogP contribution in [0.2, 0.25) is 0 Å². The summed E-state index contributed by atoms with van der Waals surface area (Å²) in [5, 5.41) is 0. The number of aliphatic imine (C=N–C) groups is 1. The van der Waals surface area contributed by atoms with E-state index in [1.165, 1.54) is 0 Å². The Morgan fingerprint density at radius 1 is 2.00 bits per heavy atom. The molecule has 0 aromatic carbocycles. The lowest BCUT2D eigenvalue weighted by Gasteiger charge is -1.86. The fourth-order valence-electron chi connectivity index (χ4n) is 0.211. The number of nitrogens with zero attached hydrogens (tertiary/aromatic N) is 1. The molecule has 2 heteroatoms. The van der Waals surface area contributed by atoms with Crippen molar-refractivity contribution in [1.82, 2.24) is 0 Å². The largest absolute Gasteiger partial charge is 0.268 e. The van der Waals surface area contributed by atoms with Gasteiger partial charge in [-0.1, -0.05) is 6.08 Å². The predicted octanol–water partition coefficient (Wildman–Crippen LogP) is 1.83. The molecule has 0 rings (SSSR count). The van der Waals surface area contributed by atoms with Crippen molar-refractivity contribution in [3.63, 3.8) is 0 Å². The Morgan fingerprint density at radius 2 is 2.57 bits per heavy atom. The Morgan fingerprint density at radius 3 is 2.57 bits per heavy atom.